The smallest absolute Gasteiger partial charge is 0.220 e. The van der Waals surface area contributed by atoms with Gasteiger partial charge in [-0.15, -0.1) is 0 Å². The minimum absolute atomic E-state index is 0.227. The maximum absolute atomic E-state index is 11.9. The topological polar surface area (TPSA) is 55.1 Å². The Labute approximate surface area is 118 Å². The fraction of sp³-hybridized carbons (Fsp3) is 0.938. The second-order valence-corrected chi connectivity index (χ2v) is 6.56. The molecule has 1 amide bonds. The molecule has 0 saturated heterocycles. The zero-order valence-corrected chi connectivity index (χ0v) is 13.0. The molecular formula is C16H32N2O. The Hall–Kier alpha value is -0.570. The normalized spacial score (nSPS) is 18.4. The molecule has 19 heavy (non-hydrogen) atoms. The van der Waals surface area contributed by atoms with E-state index in [1.165, 1.54) is 25.7 Å². The van der Waals surface area contributed by atoms with E-state index in [4.69, 9.17) is 5.73 Å². The van der Waals surface area contributed by atoms with Gasteiger partial charge in [-0.1, -0.05) is 33.6 Å². The van der Waals surface area contributed by atoms with Crippen molar-refractivity contribution in [1.29, 1.82) is 0 Å². The summed E-state index contributed by atoms with van der Waals surface area (Å²) in [4.78, 5) is 11.9. The summed E-state index contributed by atoms with van der Waals surface area (Å²) in [6.07, 6.45) is 7.64. The minimum Gasteiger partial charge on any atom is -0.356 e. The van der Waals surface area contributed by atoms with E-state index in [1.54, 1.807) is 0 Å². The molecule has 0 heterocycles. The summed E-state index contributed by atoms with van der Waals surface area (Å²) in [5.74, 6) is 1.53. The van der Waals surface area contributed by atoms with Crippen LogP contribution in [0.25, 0.3) is 0 Å². The summed E-state index contributed by atoms with van der Waals surface area (Å²) < 4.78 is 0. The van der Waals surface area contributed by atoms with Crippen LogP contribution in [0.5, 0.6) is 0 Å². The molecule has 1 aliphatic carbocycles. The van der Waals surface area contributed by atoms with Gasteiger partial charge in [0, 0.05) is 13.0 Å². The third-order valence-electron chi connectivity index (χ3n) is 4.81. The molecular weight excluding hydrogens is 236 g/mol. The van der Waals surface area contributed by atoms with Crippen molar-refractivity contribution in [1.82, 2.24) is 5.32 Å². The van der Waals surface area contributed by atoms with Crippen molar-refractivity contribution in [3.05, 3.63) is 0 Å². The third-order valence-corrected chi connectivity index (χ3v) is 4.81. The maximum Gasteiger partial charge on any atom is 0.220 e. The second kappa shape index (κ2) is 7.88. The molecule has 0 aromatic rings. The number of nitrogens with one attached hydrogen (secondary N) is 1. The molecule has 1 aliphatic rings. The van der Waals surface area contributed by atoms with Crippen LogP contribution in [-0.4, -0.2) is 19.0 Å². The van der Waals surface area contributed by atoms with E-state index < -0.39 is 0 Å². The molecule has 1 atom stereocenters. The molecule has 112 valence electrons. The fourth-order valence-corrected chi connectivity index (χ4v) is 2.89. The number of carbonyl (C=O) groups is 1. The number of hydrogen-bond donors (Lipinski definition) is 2. The average molecular weight is 268 g/mol. The van der Waals surface area contributed by atoms with Gasteiger partial charge in [0.05, 0.1) is 0 Å². The van der Waals surface area contributed by atoms with Gasteiger partial charge in [0.2, 0.25) is 5.91 Å². The van der Waals surface area contributed by atoms with E-state index >= 15 is 0 Å². The van der Waals surface area contributed by atoms with E-state index in [2.05, 4.69) is 26.1 Å². The zero-order valence-electron chi connectivity index (χ0n) is 13.0. The highest BCUT2D eigenvalue weighted by molar-refractivity contribution is 5.75. The summed E-state index contributed by atoms with van der Waals surface area (Å²) in [7, 11) is 0. The Bertz CT molecular complexity index is 266. The first kappa shape index (κ1) is 16.5. The van der Waals surface area contributed by atoms with E-state index in [-0.39, 0.29) is 5.91 Å². The van der Waals surface area contributed by atoms with Crippen molar-refractivity contribution in [3.8, 4) is 0 Å². The number of nitrogens with two attached hydrogens (primary N) is 1. The van der Waals surface area contributed by atoms with Gasteiger partial charge in [-0.05, 0) is 49.5 Å². The molecule has 1 unspecified atom stereocenters. The molecule has 1 fully saturated rings. The molecule has 0 aliphatic heterocycles. The molecule has 3 heteroatoms. The first-order chi connectivity index (χ1) is 9.04. The van der Waals surface area contributed by atoms with Crippen molar-refractivity contribution in [3.63, 3.8) is 0 Å². The highest BCUT2D eigenvalue weighted by atomic mass is 16.1. The average Bonchev–Trinajstić information content (AvgIpc) is 3.15. The Kier molecular flexibility index (Phi) is 6.84. The predicted molar refractivity (Wildman–Crippen MR) is 80.8 cm³/mol. The predicted octanol–water partition coefficient (Wildman–Crippen LogP) is 3.08. The van der Waals surface area contributed by atoms with Crippen molar-refractivity contribution in [2.24, 2.45) is 23.0 Å². The summed E-state index contributed by atoms with van der Waals surface area (Å²) in [6, 6.07) is 0. The first-order valence-corrected chi connectivity index (χ1v) is 8.01. The number of amides is 1. The largest absolute Gasteiger partial charge is 0.356 e. The highest BCUT2D eigenvalue weighted by Gasteiger charge is 2.45. The molecule has 3 nitrogen and oxygen atoms in total. The summed E-state index contributed by atoms with van der Waals surface area (Å²) >= 11 is 0. The number of carbonyl (C=O) groups excluding carboxylic acids is 1. The molecule has 0 aromatic heterocycles. The quantitative estimate of drug-likeness (QED) is 0.639. The SMILES string of the molecule is CCCC(CCN)CCC(=O)NCC1(C(C)C)CC1. The van der Waals surface area contributed by atoms with Crippen LogP contribution in [0.3, 0.4) is 0 Å². The van der Waals surface area contributed by atoms with Gasteiger partial charge in [0.15, 0.2) is 0 Å². The Morgan fingerprint density at radius 1 is 1.26 bits per heavy atom. The summed E-state index contributed by atoms with van der Waals surface area (Å²) in [5.41, 5.74) is 6.04. The number of hydrogen-bond acceptors (Lipinski definition) is 2. The van der Waals surface area contributed by atoms with Crippen LogP contribution in [0.1, 0.15) is 65.7 Å². The molecule has 0 spiro atoms. The summed E-state index contributed by atoms with van der Waals surface area (Å²) in [5, 5.41) is 3.14. The lowest BCUT2D eigenvalue weighted by Gasteiger charge is -2.20. The van der Waals surface area contributed by atoms with Crippen molar-refractivity contribution in [2.45, 2.75) is 65.7 Å². The van der Waals surface area contributed by atoms with Gasteiger partial charge in [0.25, 0.3) is 0 Å². The van der Waals surface area contributed by atoms with Gasteiger partial charge in [0.1, 0.15) is 0 Å². The molecule has 0 radical (unpaired) electrons. The molecule has 1 rings (SSSR count). The minimum atomic E-state index is 0.227. The fourth-order valence-electron chi connectivity index (χ4n) is 2.89. The summed E-state index contributed by atoms with van der Waals surface area (Å²) in [6.45, 7) is 8.33. The molecule has 3 N–H and O–H groups in total. The Morgan fingerprint density at radius 2 is 1.95 bits per heavy atom. The lowest BCUT2D eigenvalue weighted by atomic mass is 9.92. The Balaban J connectivity index is 2.20. The third kappa shape index (κ3) is 5.52. The van der Waals surface area contributed by atoms with Crippen LogP contribution >= 0.6 is 0 Å². The van der Waals surface area contributed by atoms with E-state index in [0.717, 1.165) is 25.9 Å². The van der Waals surface area contributed by atoms with Gasteiger partial charge in [-0.2, -0.15) is 0 Å². The second-order valence-electron chi connectivity index (χ2n) is 6.56. The zero-order chi connectivity index (χ0) is 14.3. The van der Waals surface area contributed by atoms with Crippen LogP contribution in [0.15, 0.2) is 0 Å². The van der Waals surface area contributed by atoms with Crippen LogP contribution in [0, 0.1) is 17.3 Å². The van der Waals surface area contributed by atoms with E-state index in [1.807, 2.05) is 0 Å². The lowest BCUT2D eigenvalue weighted by molar-refractivity contribution is -0.121. The van der Waals surface area contributed by atoms with Gasteiger partial charge in [-0.25, -0.2) is 0 Å². The number of rotatable bonds is 10. The van der Waals surface area contributed by atoms with Gasteiger partial charge < -0.3 is 11.1 Å². The van der Waals surface area contributed by atoms with Crippen LogP contribution in [-0.2, 0) is 4.79 Å². The first-order valence-electron chi connectivity index (χ1n) is 8.01. The van der Waals surface area contributed by atoms with Crippen LogP contribution in [0.2, 0.25) is 0 Å². The maximum atomic E-state index is 11.9. The molecule has 1 saturated carbocycles. The standard InChI is InChI=1S/C16H32N2O/c1-4-5-14(8-11-17)6-7-15(19)18-12-16(9-10-16)13(2)3/h13-14H,4-12,17H2,1-3H3,(H,18,19). The van der Waals surface area contributed by atoms with Crippen LogP contribution < -0.4 is 11.1 Å². The van der Waals surface area contributed by atoms with E-state index in [0.29, 0.717) is 23.7 Å². The van der Waals surface area contributed by atoms with Gasteiger partial charge in [-0.3, -0.25) is 4.79 Å². The van der Waals surface area contributed by atoms with Gasteiger partial charge >= 0.3 is 0 Å². The van der Waals surface area contributed by atoms with Crippen LogP contribution in [0.4, 0.5) is 0 Å². The van der Waals surface area contributed by atoms with Crippen molar-refractivity contribution >= 4 is 5.91 Å². The molecule has 0 bridgehead atoms. The van der Waals surface area contributed by atoms with Crippen molar-refractivity contribution < 1.29 is 4.79 Å². The highest BCUT2D eigenvalue weighted by Crippen LogP contribution is 2.51. The molecule has 0 aromatic carbocycles. The van der Waals surface area contributed by atoms with E-state index in [9.17, 15) is 4.79 Å². The van der Waals surface area contributed by atoms with Crippen molar-refractivity contribution in [2.75, 3.05) is 13.1 Å². The Morgan fingerprint density at radius 3 is 2.42 bits per heavy atom. The monoisotopic (exact) mass is 268 g/mol. The lowest BCUT2D eigenvalue weighted by Crippen LogP contribution is -2.32.